The normalized spacial score (nSPS) is 36.8. The van der Waals surface area contributed by atoms with Crippen molar-refractivity contribution in [3.63, 3.8) is 0 Å². The lowest BCUT2D eigenvalue weighted by Crippen LogP contribution is -2.30. The van der Waals surface area contributed by atoms with Gasteiger partial charge >= 0.3 is 0 Å². The van der Waals surface area contributed by atoms with Crippen molar-refractivity contribution < 1.29 is 4.74 Å². The molecule has 0 aromatic rings. The van der Waals surface area contributed by atoms with Gasteiger partial charge in [-0.25, -0.2) is 0 Å². The summed E-state index contributed by atoms with van der Waals surface area (Å²) in [5.41, 5.74) is 0. The van der Waals surface area contributed by atoms with Crippen LogP contribution in [-0.4, -0.2) is 36.2 Å². The molecule has 2 rings (SSSR count). The van der Waals surface area contributed by atoms with Gasteiger partial charge in [0.1, 0.15) is 0 Å². The molecule has 1 heterocycles. The molecule has 0 amide bonds. The average Bonchev–Trinajstić information content (AvgIpc) is 2.58. The fraction of sp³-hybridized carbons (Fsp3) is 1.00. The van der Waals surface area contributed by atoms with Gasteiger partial charge in [-0.1, -0.05) is 0 Å². The van der Waals surface area contributed by atoms with Crippen molar-refractivity contribution in [3.05, 3.63) is 0 Å². The maximum atomic E-state index is 5.92. The van der Waals surface area contributed by atoms with Gasteiger partial charge in [0.05, 0.1) is 12.2 Å². The Bertz CT molecular complexity index is 201. The Morgan fingerprint density at radius 1 is 1.00 bits per heavy atom. The third-order valence-electron chi connectivity index (χ3n) is 3.93. The quantitative estimate of drug-likeness (QED) is 0.711. The van der Waals surface area contributed by atoms with Gasteiger partial charge in [-0.15, -0.1) is 0 Å². The Kier molecular flexibility index (Phi) is 3.36. The van der Waals surface area contributed by atoms with Gasteiger partial charge in [-0.3, -0.25) is 0 Å². The third-order valence-corrected chi connectivity index (χ3v) is 3.93. The van der Waals surface area contributed by atoms with E-state index in [0.29, 0.717) is 12.2 Å². The Hall–Kier alpha value is -0.0800. The highest BCUT2D eigenvalue weighted by Crippen LogP contribution is 2.40. The van der Waals surface area contributed by atoms with Crippen LogP contribution in [0.4, 0.5) is 0 Å². The van der Waals surface area contributed by atoms with Gasteiger partial charge in [-0.05, 0) is 52.4 Å². The predicted molar refractivity (Wildman–Crippen MR) is 62.9 cm³/mol. The summed E-state index contributed by atoms with van der Waals surface area (Å²) in [6, 6.07) is 0.722. The second-order valence-electron chi connectivity index (χ2n) is 5.85. The van der Waals surface area contributed by atoms with E-state index in [1.54, 1.807) is 0 Å². The van der Waals surface area contributed by atoms with Crippen LogP contribution in [0.2, 0.25) is 0 Å². The Labute approximate surface area is 94.0 Å². The van der Waals surface area contributed by atoms with Crippen molar-refractivity contribution in [1.82, 2.24) is 4.90 Å². The van der Waals surface area contributed by atoms with E-state index in [9.17, 15) is 0 Å². The van der Waals surface area contributed by atoms with E-state index >= 15 is 0 Å². The molecule has 1 aliphatic heterocycles. The maximum Gasteiger partial charge on any atom is 0.0585 e. The maximum absolute atomic E-state index is 5.92. The van der Waals surface area contributed by atoms with Gasteiger partial charge < -0.3 is 9.64 Å². The van der Waals surface area contributed by atoms with Gasteiger partial charge in [0.25, 0.3) is 0 Å². The van der Waals surface area contributed by atoms with Crippen LogP contribution in [0.1, 0.15) is 40.5 Å². The molecule has 0 aromatic carbocycles. The van der Waals surface area contributed by atoms with E-state index in [0.717, 1.165) is 17.9 Å². The fourth-order valence-electron chi connectivity index (χ4n) is 3.20. The zero-order chi connectivity index (χ0) is 11.0. The number of nitrogens with zero attached hydrogens (tertiary/aromatic N) is 1. The first kappa shape index (κ1) is 11.4. The zero-order valence-corrected chi connectivity index (χ0v) is 10.6. The van der Waals surface area contributed by atoms with Crippen LogP contribution in [0.25, 0.3) is 0 Å². The second-order valence-corrected chi connectivity index (χ2v) is 5.85. The molecule has 88 valence electrons. The molecule has 2 aliphatic rings. The molecule has 0 bridgehead atoms. The molecular weight excluding hydrogens is 186 g/mol. The van der Waals surface area contributed by atoms with Crippen molar-refractivity contribution in [2.24, 2.45) is 11.8 Å². The van der Waals surface area contributed by atoms with E-state index in [4.69, 9.17) is 4.74 Å². The summed E-state index contributed by atoms with van der Waals surface area (Å²) in [5, 5.41) is 0. The van der Waals surface area contributed by atoms with Crippen molar-refractivity contribution in [2.75, 3.05) is 13.1 Å². The van der Waals surface area contributed by atoms with Crippen LogP contribution in [0.3, 0.4) is 0 Å². The number of hydrogen-bond acceptors (Lipinski definition) is 2. The first-order valence-corrected chi connectivity index (χ1v) is 6.45. The molecule has 15 heavy (non-hydrogen) atoms. The van der Waals surface area contributed by atoms with E-state index in [2.05, 4.69) is 32.6 Å². The van der Waals surface area contributed by atoms with Crippen LogP contribution in [0.15, 0.2) is 0 Å². The van der Waals surface area contributed by atoms with E-state index < -0.39 is 0 Å². The molecule has 1 saturated heterocycles. The van der Waals surface area contributed by atoms with Crippen LogP contribution in [-0.2, 0) is 4.74 Å². The smallest absolute Gasteiger partial charge is 0.0585 e. The van der Waals surface area contributed by atoms with Crippen LogP contribution < -0.4 is 0 Å². The van der Waals surface area contributed by atoms with Crippen molar-refractivity contribution in [1.29, 1.82) is 0 Å². The minimum absolute atomic E-state index is 0.398. The molecule has 1 aliphatic carbocycles. The van der Waals surface area contributed by atoms with Crippen molar-refractivity contribution >= 4 is 0 Å². The molecule has 0 aromatic heterocycles. The van der Waals surface area contributed by atoms with E-state index in [1.807, 2.05) is 0 Å². The van der Waals surface area contributed by atoms with Gasteiger partial charge in [0.15, 0.2) is 0 Å². The predicted octanol–water partition coefficient (Wildman–Crippen LogP) is 2.53. The van der Waals surface area contributed by atoms with Gasteiger partial charge in [-0.2, -0.15) is 0 Å². The Morgan fingerprint density at radius 2 is 1.53 bits per heavy atom. The Balaban J connectivity index is 1.83. The van der Waals surface area contributed by atoms with Gasteiger partial charge in [0, 0.05) is 19.1 Å². The lowest BCUT2D eigenvalue weighted by molar-refractivity contribution is 0.00553. The number of hydrogen-bond donors (Lipinski definition) is 0. The van der Waals surface area contributed by atoms with Crippen LogP contribution in [0, 0.1) is 11.8 Å². The lowest BCUT2D eigenvalue weighted by atomic mass is 10.0. The molecule has 2 heteroatoms. The standard InChI is InChI=1S/C13H25NO/c1-9(2)14-7-11-5-13(15-10(3)4)6-12(11)8-14/h9-13H,5-8H2,1-4H3/t11-,12?,13?/m0/s1. The molecule has 0 radical (unpaired) electrons. The number of fused-ring (bicyclic) bond motifs is 1. The minimum atomic E-state index is 0.398. The van der Waals surface area contributed by atoms with Gasteiger partial charge in [0.2, 0.25) is 0 Å². The second kappa shape index (κ2) is 4.42. The lowest BCUT2D eigenvalue weighted by Gasteiger charge is -2.23. The summed E-state index contributed by atoms with van der Waals surface area (Å²) in [5.74, 6) is 1.83. The monoisotopic (exact) mass is 211 g/mol. The van der Waals surface area contributed by atoms with Crippen molar-refractivity contribution in [3.8, 4) is 0 Å². The molecule has 1 saturated carbocycles. The van der Waals surface area contributed by atoms with Crippen molar-refractivity contribution in [2.45, 2.75) is 58.8 Å². The number of rotatable bonds is 3. The molecule has 2 fully saturated rings. The summed E-state index contributed by atoms with van der Waals surface area (Å²) in [7, 11) is 0. The molecule has 2 nitrogen and oxygen atoms in total. The fourth-order valence-corrected chi connectivity index (χ4v) is 3.20. The molecule has 0 N–H and O–H groups in total. The summed E-state index contributed by atoms with van der Waals surface area (Å²) in [4.78, 5) is 2.63. The molecule has 3 atom stereocenters. The highest BCUT2D eigenvalue weighted by atomic mass is 16.5. The first-order valence-electron chi connectivity index (χ1n) is 6.45. The SMILES string of the molecule is CC(C)OC1CC2CN(C(C)C)C[C@@H]2C1. The topological polar surface area (TPSA) is 12.5 Å². The minimum Gasteiger partial charge on any atom is -0.376 e. The van der Waals surface area contributed by atoms with Crippen LogP contribution >= 0.6 is 0 Å². The summed E-state index contributed by atoms with van der Waals surface area (Å²) >= 11 is 0. The van der Waals surface area contributed by atoms with E-state index in [1.165, 1.54) is 25.9 Å². The average molecular weight is 211 g/mol. The first-order chi connectivity index (χ1) is 7.06. The Morgan fingerprint density at radius 3 is 1.93 bits per heavy atom. The van der Waals surface area contributed by atoms with E-state index in [-0.39, 0.29) is 0 Å². The summed E-state index contributed by atoms with van der Waals surface area (Å²) in [6.07, 6.45) is 3.54. The molecular formula is C13H25NO. The highest BCUT2D eigenvalue weighted by molar-refractivity contribution is 4.93. The largest absolute Gasteiger partial charge is 0.376 e. The summed E-state index contributed by atoms with van der Waals surface area (Å²) in [6.45, 7) is 11.5. The third kappa shape index (κ3) is 2.54. The summed E-state index contributed by atoms with van der Waals surface area (Å²) < 4.78 is 5.92. The van der Waals surface area contributed by atoms with Crippen LogP contribution in [0.5, 0.6) is 0 Å². The molecule has 0 spiro atoms. The zero-order valence-electron chi connectivity index (χ0n) is 10.6. The number of likely N-dealkylation sites (tertiary alicyclic amines) is 1. The highest BCUT2D eigenvalue weighted by Gasteiger charge is 2.41. The molecule has 2 unspecified atom stereocenters. The number of ether oxygens (including phenoxy) is 1.